The normalized spacial score (nSPS) is 10.2. The number of benzene rings is 1. The van der Waals surface area contributed by atoms with E-state index in [4.69, 9.17) is 14.2 Å². The Balaban J connectivity index is 2.71. The summed E-state index contributed by atoms with van der Waals surface area (Å²) in [6.45, 7) is 1.73. The van der Waals surface area contributed by atoms with Gasteiger partial charge in [0, 0.05) is 11.9 Å². The van der Waals surface area contributed by atoms with Crippen LogP contribution in [0.2, 0.25) is 0 Å². The Bertz CT molecular complexity index is 717. The summed E-state index contributed by atoms with van der Waals surface area (Å²) in [7, 11) is 4.09. The summed E-state index contributed by atoms with van der Waals surface area (Å²) in [5, 5.41) is 0. The molecule has 0 amide bonds. The highest BCUT2D eigenvalue weighted by atomic mass is 16.5. The van der Waals surface area contributed by atoms with Crippen LogP contribution in [0.4, 0.5) is 0 Å². The molecular weight excluding hydrogens is 286 g/mol. The second kappa shape index (κ2) is 6.34. The number of carbonyl (C=O) groups excluding carboxylic acids is 2. The fraction of sp³-hybridized carbons (Fsp3) is 0.250. The number of carbonyl (C=O) groups is 2. The SMILES string of the molecule is COC(=O)c1cn(-c2ccccc2OC)c(C)c1C(=O)OC. The van der Waals surface area contributed by atoms with E-state index in [2.05, 4.69) is 0 Å². The first-order valence-electron chi connectivity index (χ1n) is 6.57. The van der Waals surface area contributed by atoms with Gasteiger partial charge in [-0.15, -0.1) is 0 Å². The average Bonchev–Trinajstić information content (AvgIpc) is 2.90. The molecular formula is C16H17NO5. The number of hydrogen-bond donors (Lipinski definition) is 0. The van der Waals surface area contributed by atoms with Gasteiger partial charge in [0.05, 0.1) is 38.1 Å². The van der Waals surface area contributed by atoms with Crippen molar-refractivity contribution in [2.24, 2.45) is 0 Å². The first-order valence-corrected chi connectivity index (χ1v) is 6.57. The number of methoxy groups -OCH3 is 3. The molecule has 0 aliphatic carbocycles. The Kier molecular flexibility index (Phi) is 4.50. The van der Waals surface area contributed by atoms with E-state index in [-0.39, 0.29) is 11.1 Å². The van der Waals surface area contributed by atoms with E-state index in [9.17, 15) is 9.59 Å². The number of aromatic nitrogens is 1. The zero-order valence-corrected chi connectivity index (χ0v) is 12.9. The monoisotopic (exact) mass is 303 g/mol. The Hall–Kier alpha value is -2.76. The van der Waals surface area contributed by atoms with Crippen LogP contribution in [0.25, 0.3) is 5.69 Å². The van der Waals surface area contributed by atoms with Crippen molar-refractivity contribution in [2.45, 2.75) is 6.92 Å². The summed E-state index contributed by atoms with van der Waals surface area (Å²) in [5.41, 5.74) is 1.61. The quantitative estimate of drug-likeness (QED) is 0.811. The Morgan fingerprint density at radius 2 is 1.64 bits per heavy atom. The molecule has 2 rings (SSSR count). The average molecular weight is 303 g/mol. The van der Waals surface area contributed by atoms with Crippen molar-refractivity contribution in [2.75, 3.05) is 21.3 Å². The van der Waals surface area contributed by atoms with Gasteiger partial charge in [0.1, 0.15) is 5.75 Å². The Labute approximate surface area is 128 Å². The summed E-state index contributed by atoms with van der Waals surface area (Å²) < 4.78 is 16.5. The number of ether oxygens (including phenoxy) is 3. The largest absolute Gasteiger partial charge is 0.495 e. The molecule has 1 aromatic carbocycles. The molecule has 0 aliphatic heterocycles. The predicted octanol–water partition coefficient (Wildman–Crippen LogP) is 2.37. The molecule has 2 aromatic rings. The van der Waals surface area contributed by atoms with Gasteiger partial charge in [-0.3, -0.25) is 0 Å². The summed E-state index contributed by atoms with van der Waals surface area (Å²) in [4.78, 5) is 23.9. The number of hydrogen-bond acceptors (Lipinski definition) is 5. The highest BCUT2D eigenvalue weighted by Gasteiger charge is 2.26. The molecule has 0 spiro atoms. The molecule has 6 nitrogen and oxygen atoms in total. The molecule has 0 saturated carbocycles. The molecule has 6 heteroatoms. The molecule has 1 aromatic heterocycles. The first kappa shape index (κ1) is 15.6. The molecule has 0 saturated heterocycles. The van der Waals surface area contributed by atoms with Crippen molar-refractivity contribution in [1.82, 2.24) is 4.57 Å². The number of rotatable bonds is 4. The van der Waals surface area contributed by atoms with E-state index >= 15 is 0 Å². The lowest BCUT2D eigenvalue weighted by molar-refractivity contribution is 0.0556. The fourth-order valence-electron chi connectivity index (χ4n) is 2.31. The molecule has 0 aliphatic rings. The third-order valence-electron chi connectivity index (χ3n) is 3.39. The van der Waals surface area contributed by atoms with Crippen LogP contribution < -0.4 is 4.74 Å². The summed E-state index contributed by atoms with van der Waals surface area (Å²) in [5.74, 6) is -0.572. The highest BCUT2D eigenvalue weighted by molar-refractivity contribution is 6.04. The van der Waals surface area contributed by atoms with Crippen molar-refractivity contribution < 1.29 is 23.8 Å². The van der Waals surface area contributed by atoms with Crippen LogP contribution in [0.1, 0.15) is 26.4 Å². The molecule has 0 radical (unpaired) electrons. The van der Waals surface area contributed by atoms with Gasteiger partial charge < -0.3 is 18.8 Å². The minimum atomic E-state index is -0.600. The van der Waals surface area contributed by atoms with Crippen molar-refractivity contribution in [3.63, 3.8) is 0 Å². The minimum Gasteiger partial charge on any atom is -0.495 e. The number of esters is 2. The van der Waals surface area contributed by atoms with Crippen molar-refractivity contribution in [3.8, 4) is 11.4 Å². The maximum Gasteiger partial charge on any atom is 0.340 e. The lowest BCUT2D eigenvalue weighted by Gasteiger charge is -2.11. The van der Waals surface area contributed by atoms with Gasteiger partial charge in [0.15, 0.2) is 0 Å². The van der Waals surface area contributed by atoms with Gasteiger partial charge >= 0.3 is 11.9 Å². The van der Waals surface area contributed by atoms with Crippen LogP contribution in [-0.4, -0.2) is 37.8 Å². The second-order valence-corrected chi connectivity index (χ2v) is 4.53. The van der Waals surface area contributed by atoms with Crippen molar-refractivity contribution in [1.29, 1.82) is 0 Å². The number of para-hydroxylation sites is 2. The third kappa shape index (κ3) is 2.55. The smallest absolute Gasteiger partial charge is 0.340 e. The number of nitrogens with zero attached hydrogens (tertiary/aromatic N) is 1. The van der Waals surface area contributed by atoms with E-state index in [0.717, 1.165) is 0 Å². The molecule has 116 valence electrons. The van der Waals surface area contributed by atoms with Gasteiger partial charge in [0.25, 0.3) is 0 Å². The lowest BCUT2D eigenvalue weighted by atomic mass is 10.1. The second-order valence-electron chi connectivity index (χ2n) is 4.53. The molecule has 0 atom stereocenters. The topological polar surface area (TPSA) is 66.8 Å². The van der Waals surface area contributed by atoms with Gasteiger partial charge in [-0.25, -0.2) is 9.59 Å². The maximum atomic E-state index is 12.0. The van der Waals surface area contributed by atoms with E-state index in [0.29, 0.717) is 17.1 Å². The van der Waals surface area contributed by atoms with E-state index in [1.807, 2.05) is 18.2 Å². The van der Waals surface area contributed by atoms with Crippen LogP contribution >= 0.6 is 0 Å². The van der Waals surface area contributed by atoms with Crippen LogP contribution in [0.15, 0.2) is 30.5 Å². The summed E-state index contributed by atoms with van der Waals surface area (Å²) >= 11 is 0. The van der Waals surface area contributed by atoms with Gasteiger partial charge in [-0.05, 0) is 19.1 Å². The third-order valence-corrected chi connectivity index (χ3v) is 3.39. The molecule has 22 heavy (non-hydrogen) atoms. The van der Waals surface area contributed by atoms with Crippen molar-refractivity contribution in [3.05, 3.63) is 47.3 Å². The molecule has 0 N–H and O–H groups in total. The van der Waals surface area contributed by atoms with Crippen LogP contribution in [0.5, 0.6) is 5.75 Å². The van der Waals surface area contributed by atoms with E-state index in [1.54, 1.807) is 30.9 Å². The van der Waals surface area contributed by atoms with Crippen molar-refractivity contribution >= 4 is 11.9 Å². The molecule has 0 bridgehead atoms. The molecule has 1 heterocycles. The van der Waals surface area contributed by atoms with Crippen LogP contribution in [0, 0.1) is 6.92 Å². The standard InChI is InChI=1S/C16H17NO5/c1-10-14(16(19)22-4)11(15(18)21-3)9-17(10)12-7-5-6-8-13(12)20-2/h5-9H,1-4H3. The maximum absolute atomic E-state index is 12.0. The van der Waals surface area contributed by atoms with Gasteiger partial charge in [-0.1, -0.05) is 12.1 Å². The zero-order valence-electron chi connectivity index (χ0n) is 12.9. The zero-order chi connectivity index (χ0) is 16.3. The minimum absolute atomic E-state index is 0.151. The van der Waals surface area contributed by atoms with E-state index in [1.165, 1.54) is 14.2 Å². The predicted molar refractivity (Wildman–Crippen MR) is 79.7 cm³/mol. The van der Waals surface area contributed by atoms with Gasteiger partial charge in [0.2, 0.25) is 0 Å². The van der Waals surface area contributed by atoms with Crippen LogP contribution in [0.3, 0.4) is 0 Å². The van der Waals surface area contributed by atoms with Gasteiger partial charge in [-0.2, -0.15) is 0 Å². The lowest BCUT2D eigenvalue weighted by Crippen LogP contribution is -2.10. The van der Waals surface area contributed by atoms with Crippen LogP contribution in [-0.2, 0) is 9.47 Å². The first-order chi connectivity index (χ1) is 10.5. The van der Waals surface area contributed by atoms with E-state index < -0.39 is 11.9 Å². The molecule has 0 fully saturated rings. The summed E-state index contributed by atoms with van der Waals surface area (Å²) in [6, 6.07) is 7.30. The fourth-order valence-corrected chi connectivity index (χ4v) is 2.31. The Morgan fingerprint density at radius 3 is 2.23 bits per heavy atom. The molecule has 0 unspecified atom stereocenters. The Morgan fingerprint density at radius 1 is 1.00 bits per heavy atom. The summed E-state index contributed by atoms with van der Waals surface area (Å²) in [6.07, 6.45) is 1.55. The highest BCUT2D eigenvalue weighted by Crippen LogP contribution is 2.28.